The Bertz CT molecular complexity index is 602. The van der Waals surface area contributed by atoms with E-state index in [0.717, 1.165) is 17.8 Å². The molecule has 0 aliphatic heterocycles. The lowest BCUT2D eigenvalue weighted by Crippen LogP contribution is -2.25. The molecular formula is C16H21N3O2. The van der Waals surface area contributed by atoms with Gasteiger partial charge in [-0.2, -0.15) is 5.10 Å². The molecule has 1 heterocycles. The van der Waals surface area contributed by atoms with Gasteiger partial charge in [-0.1, -0.05) is 24.6 Å². The summed E-state index contributed by atoms with van der Waals surface area (Å²) in [5, 5.41) is 15.9. The standard InChI is InChI=1S/C16H21N3O2/c1-3-15-14(16(21)17-9-4-10-20)11-18-19(15)13-7-5-12(2)6-8-13/h5-8,11,20H,3-4,9-10H2,1-2H3,(H,17,21). The van der Waals surface area contributed by atoms with Gasteiger partial charge in [-0.15, -0.1) is 0 Å². The molecule has 0 saturated carbocycles. The van der Waals surface area contributed by atoms with E-state index in [1.54, 1.807) is 10.9 Å². The monoisotopic (exact) mass is 287 g/mol. The molecule has 21 heavy (non-hydrogen) atoms. The summed E-state index contributed by atoms with van der Waals surface area (Å²) in [6, 6.07) is 8.04. The number of carbonyl (C=O) groups excluding carboxylic acids is 1. The molecule has 0 radical (unpaired) electrons. The minimum Gasteiger partial charge on any atom is -0.396 e. The van der Waals surface area contributed by atoms with Crippen LogP contribution in [0.1, 0.15) is 35.0 Å². The number of rotatable bonds is 6. The molecule has 0 unspecified atom stereocenters. The highest BCUT2D eigenvalue weighted by Gasteiger charge is 2.16. The Morgan fingerprint density at radius 3 is 2.67 bits per heavy atom. The van der Waals surface area contributed by atoms with E-state index >= 15 is 0 Å². The predicted octanol–water partition coefficient (Wildman–Crippen LogP) is 1.86. The Morgan fingerprint density at radius 1 is 1.33 bits per heavy atom. The number of nitrogens with zero attached hydrogens (tertiary/aromatic N) is 2. The van der Waals surface area contributed by atoms with Crippen molar-refractivity contribution >= 4 is 5.91 Å². The quantitative estimate of drug-likeness (QED) is 0.797. The van der Waals surface area contributed by atoms with E-state index in [4.69, 9.17) is 5.11 Å². The lowest BCUT2D eigenvalue weighted by atomic mass is 10.1. The number of hydrogen-bond acceptors (Lipinski definition) is 3. The summed E-state index contributed by atoms with van der Waals surface area (Å²) in [7, 11) is 0. The zero-order valence-corrected chi connectivity index (χ0v) is 12.5. The first-order valence-corrected chi connectivity index (χ1v) is 7.20. The van der Waals surface area contributed by atoms with Gasteiger partial charge in [0.05, 0.1) is 23.1 Å². The van der Waals surface area contributed by atoms with Crippen molar-refractivity contribution in [3.05, 3.63) is 47.3 Å². The Balaban J connectivity index is 2.25. The summed E-state index contributed by atoms with van der Waals surface area (Å²) in [5.74, 6) is -0.140. The maximum atomic E-state index is 12.2. The average Bonchev–Trinajstić information content (AvgIpc) is 2.92. The molecule has 5 heteroatoms. The summed E-state index contributed by atoms with van der Waals surface area (Å²) >= 11 is 0. The van der Waals surface area contributed by atoms with Crippen molar-refractivity contribution in [2.75, 3.05) is 13.2 Å². The summed E-state index contributed by atoms with van der Waals surface area (Å²) < 4.78 is 1.81. The van der Waals surface area contributed by atoms with Gasteiger partial charge >= 0.3 is 0 Å². The van der Waals surface area contributed by atoms with Crippen LogP contribution in [-0.2, 0) is 6.42 Å². The number of nitrogens with one attached hydrogen (secondary N) is 1. The van der Waals surface area contributed by atoms with Crippen LogP contribution in [0.4, 0.5) is 0 Å². The fourth-order valence-corrected chi connectivity index (χ4v) is 2.19. The van der Waals surface area contributed by atoms with Crippen molar-refractivity contribution in [3.63, 3.8) is 0 Å². The van der Waals surface area contributed by atoms with Crippen LogP contribution in [0.25, 0.3) is 5.69 Å². The van der Waals surface area contributed by atoms with Gasteiger partial charge in [-0.3, -0.25) is 4.79 Å². The first-order chi connectivity index (χ1) is 10.2. The van der Waals surface area contributed by atoms with Gasteiger partial charge in [0.25, 0.3) is 5.91 Å². The molecule has 1 aromatic heterocycles. The topological polar surface area (TPSA) is 67.2 Å². The van der Waals surface area contributed by atoms with Crippen LogP contribution in [0, 0.1) is 6.92 Å². The minimum absolute atomic E-state index is 0.0730. The van der Waals surface area contributed by atoms with Crippen LogP contribution in [0.3, 0.4) is 0 Å². The van der Waals surface area contributed by atoms with E-state index < -0.39 is 0 Å². The first kappa shape index (κ1) is 15.3. The zero-order valence-electron chi connectivity index (χ0n) is 12.5. The van der Waals surface area contributed by atoms with Gasteiger partial charge in [0.15, 0.2) is 0 Å². The van der Waals surface area contributed by atoms with Gasteiger partial charge in [0, 0.05) is 13.2 Å². The third kappa shape index (κ3) is 3.49. The third-order valence-corrected chi connectivity index (χ3v) is 3.35. The van der Waals surface area contributed by atoms with Gasteiger partial charge in [-0.25, -0.2) is 4.68 Å². The van der Waals surface area contributed by atoms with Crippen molar-refractivity contribution in [1.29, 1.82) is 0 Å². The molecule has 0 aliphatic rings. The van der Waals surface area contributed by atoms with Crippen LogP contribution < -0.4 is 5.32 Å². The summed E-state index contributed by atoms with van der Waals surface area (Å²) in [6.07, 6.45) is 2.88. The Morgan fingerprint density at radius 2 is 2.05 bits per heavy atom. The molecule has 0 saturated heterocycles. The summed E-state index contributed by atoms with van der Waals surface area (Å²) in [4.78, 5) is 12.2. The zero-order chi connectivity index (χ0) is 15.2. The number of aliphatic hydroxyl groups excluding tert-OH is 1. The maximum Gasteiger partial charge on any atom is 0.254 e. The largest absolute Gasteiger partial charge is 0.396 e. The van der Waals surface area contributed by atoms with Gasteiger partial charge in [-0.05, 0) is 31.9 Å². The highest BCUT2D eigenvalue weighted by Crippen LogP contribution is 2.16. The van der Waals surface area contributed by atoms with Crippen LogP contribution in [-0.4, -0.2) is 33.9 Å². The Hall–Kier alpha value is -2.14. The first-order valence-electron chi connectivity index (χ1n) is 7.20. The van der Waals surface area contributed by atoms with E-state index in [1.807, 2.05) is 38.1 Å². The van der Waals surface area contributed by atoms with E-state index in [9.17, 15) is 4.79 Å². The normalized spacial score (nSPS) is 10.6. The third-order valence-electron chi connectivity index (χ3n) is 3.35. The number of aromatic nitrogens is 2. The number of hydrogen-bond donors (Lipinski definition) is 2. The smallest absolute Gasteiger partial charge is 0.254 e. The number of amides is 1. The van der Waals surface area contributed by atoms with Crippen molar-refractivity contribution in [2.45, 2.75) is 26.7 Å². The van der Waals surface area contributed by atoms with Crippen LogP contribution in [0.15, 0.2) is 30.5 Å². The second-order valence-corrected chi connectivity index (χ2v) is 4.94. The molecule has 112 valence electrons. The highest BCUT2D eigenvalue weighted by molar-refractivity contribution is 5.95. The van der Waals surface area contributed by atoms with E-state index in [1.165, 1.54) is 5.56 Å². The maximum absolute atomic E-state index is 12.2. The van der Waals surface area contributed by atoms with E-state index in [-0.39, 0.29) is 12.5 Å². The molecule has 2 rings (SSSR count). The summed E-state index contributed by atoms with van der Waals surface area (Å²) in [6.45, 7) is 4.58. The molecule has 0 bridgehead atoms. The van der Waals surface area contributed by atoms with Gasteiger partial charge in [0.2, 0.25) is 0 Å². The molecule has 5 nitrogen and oxygen atoms in total. The van der Waals surface area contributed by atoms with E-state index in [0.29, 0.717) is 18.5 Å². The Kier molecular flexibility index (Phi) is 5.11. The van der Waals surface area contributed by atoms with Crippen LogP contribution in [0.5, 0.6) is 0 Å². The predicted molar refractivity (Wildman–Crippen MR) is 81.7 cm³/mol. The van der Waals surface area contributed by atoms with Gasteiger partial charge < -0.3 is 10.4 Å². The molecule has 0 atom stereocenters. The molecule has 0 spiro atoms. The lowest BCUT2D eigenvalue weighted by molar-refractivity contribution is 0.0950. The second-order valence-electron chi connectivity index (χ2n) is 4.94. The Labute approximate surface area is 124 Å². The number of aliphatic hydroxyl groups is 1. The highest BCUT2D eigenvalue weighted by atomic mass is 16.3. The number of aryl methyl sites for hydroxylation is 1. The van der Waals surface area contributed by atoms with Gasteiger partial charge in [0.1, 0.15) is 0 Å². The minimum atomic E-state index is -0.140. The molecule has 2 aromatic rings. The van der Waals surface area contributed by atoms with Crippen LogP contribution in [0.2, 0.25) is 0 Å². The van der Waals surface area contributed by atoms with Crippen molar-refractivity contribution in [2.24, 2.45) is 0 Å². The molecule has 2 N–H and O–H groups in total. The number of benzene rings is 1. The van der Waals surface area contributed by atoms with E-state index in [2.05, 4.69) is 10.4 Å². The second kappa shape index (κ2) is 7.04. The van der Waals surface area contributed by atoms with Crippen molar-refractivity contribution < 1.29 is 9.90 Å². The fourth-order valence-electron chi connectivity index (χ4n) is 2.19. The molecule has 1 aromatic carbocycles. The fraction of sp³-hybridized carbons (Fsp3) is 0.375. The SMILES string of the molecule is CCc1c(C(=O)NCCCO)cnn1-c1ccc(C)cc1. The van der Waals surface area contributed by atoms with Crippen molar-refractivity contribution in [1.82, 2.24) is 15.1 Å². The molecular weight excluding hydrogens is 266 g/mol. The molecule has 0 aliphatic carbocycles. The van der Waals surface area contributed by atoms with Crippen molar-refractivity contribution in [3.8, 4) is 5.69 Å². The molecule has 0 fully saturated rings. The average molecular weight is 287 g/mol. The molecule has 1 amide bonds. The number of carbonyl (C=O) groups is 1. The summed E-state index contributed by atoms with van der Waals surface area (Å²) in [5.41, 5.74) is 3.62. The van der Waals surface area contributed by atoms with Crippen LogP contribution >= 0.6 is 0 Å². The lowest BCUT2D eigenvalue weighted by Gasteiger charge is -2.08.